The number of benzene rings is 16. The van der Waals surface area contributed by atoms with E-state index in [0.29, 0.717) is 0 Å². The average molecular weight is 1100 g/mol. The second-order valence-corrected chi connectivity index (χ2v) is 25.7. The molecule has 16 aromatic rings. The van der Waals surface area contributed by atoms with Gasteiger partial charge in [-0.3, -0.25) is 0 Å². The fourth-order valence-electron chi connectivity index (χ4n) is 16.1. The predicted molar refractivity (Wildman–Crippen MR) is 369 cm³/mol. The van der Waals surface area contributed by atoms with E-state index in [9.17, 15) is 0 Å². The smallest absolute Gasteiger partial charge is 0.0540 e. The first-order valence-electron chi connectivity index (χ1n) is 30.5. The van der Waals surface area contributed by atoms with Gasteiger partial charge in [0.15, 0.2) is 0 Å². The first-order chi connectivity index (χ1) is 42.0. The topological polar surface area (TPSA) is 6.48 Å². The number of nitrogens with zero attached hydrogens (tertiary/aromatic N) is 2. The molecule has 0 N–H and O–H groups in total. The molecular formula is C84H60N2. The Hall–Kier alpha value is -10.3. The highest BCUT2D eigenvalue weighted by Gasteiger charge is 2.39. The quantitative estimate of drug-likeness (QED) is 0.153. The van der Waals surface area contributed by atoms with Crippen LogP contribution >= 0.6 is 0 Å². The molecule has 2 heteroatoms. The Kier molecular flexibility index (Phi) is 10.1. The molecule has 0 atom stereocenters. The van der Waals surface area contributed by atoms with Crippen LogP contribution in [0.2, 0.25) is 0 Å². The predicted octanol–water partition coefficient (Wildman–Crippen LogP) is 23.7. The highest BCUT2D eigenvalue weighted by molar-refractivity contribution is 6.30. The van der Waals surface area contributed by atoms with Gasteiger partial charge in [0.1, 0.15) is 0 Å². The van der Waals surface area contributed by atoms with Gasteiger partial charge >= 0.3 is 0 Å². The zero-order chi connectivity index (χ0) is 57.5. The summed E-state index contributed by atoms with van der Waals surface area (Å²) in [7, 11) is 0. The Morgan fingerprint density at radius 1 is 0.233 bits per heavy atom. The minimum Gasteiger partial charge on any atom is -0.310 e. The van der Waals surface area contributed by atoms with E-state index in [2.05, 4.69) is 306 Å². The van der Waals surface area contributed by atoms with Crippen molar-refractivity contribution in [2.24, 2.45) is 0 Å². The van der Waals surface area contributed by atoms with E-state index in [1.54, 1.807) is 0 Å². The van der Waals surface area contributed by atoms with Gasteiger partial charge in [0.25, 0.3) is 0 Å². The molecule has 2 aliphatic carbocycles. The molecule has 2 nitrogen and oxygen atoms in total. The van der Waals surface area contributed by atoms with Crippen LogP contribution in [0.4, 0.5) is 34.1 Å². The molecule has 0 spiro atoms. The van der Waals surface area contributed by atoms with Crippen molar-refractivity contribution in [3.63, 3.8) is 0 Å². The van der Waals surface area contributed by atoms with Gasteiger partial charge in [0.2, 0.25) is 0 Å². The fraction of sp³-hybridized carbons (Fsp3) is 0.0952. The summed E-state index contributed by atoms with van der Waals surface area (Å²) in [5.74, 6) is 0. The molecule has 0 fully saturated rings. The highest BCUT2D eigenvalue weighted by atomic mass is 15.2. The van der Waals surface area contributed by atoms with Crippen molar-refractivity contribution in [1.82, 2.24) is 0 Å². The van der Waals surface area contributed by atoms with Crippen molar-refractivity contribution < 1.29 is 0 Å². The largest absolute Gasteiger partial charge is 0.310 e. The molecule has 0 saturated carbocycles. The zero-order valence-corrected chi connectivity index (χ0v) is 49.1. The third-order valence-corrected chi connectivity index (χ3v) is 20.2. The number of aryl methyl sites for hydroxylation is 2. The van der Waals surface area contributed by atoms with E-state index < -0.39 is 0 Å². The zero-order valence-electron chi connectivity index (χ0n) is 49.1. The van der Waals surface area contributed by atoms with Crippen LogP contribution in [-0.4, -0.2) is 0 Å². The van der Waals surface area contributed by atoms with Gasteiger partial charge in [-0.25, -0.2) is 0 Å². The SMILES string of the molecule is Cc1cccc(N(c2ccc3c(c2)-c2cc4c5ccccc5c5ccccc5c4cc2C3(C)C)c2ccc3ccc4c(N(c5cccc(C)c5)c5ccc6c(c5)-c5cc7c8ccccc8c8ccccc8c7cc5C6(C)C)ccc5ccc2c3c54)c1. The maximum Gasteiger partial charge on any atom is 0.0540 e. The maximum atomic E-state index is 2.52. The van der Waals surface area contributed by atoms with Crippen LogP contribution in [0.1, 0.15) is 61.1 Å². The monoisotopic (exact) mass is 1100 g/mol. The Labute approximate surface area is 500 Å². The van der Waals surface area contributed by atoms with Gasteiger partial charge in [-0.05, 0) is 241 Å². The van der Waals surface area contributed by atoms with Crippen LogP contribution < -0.4 is 9.80 Å². The number of anilines is 6. The lowest BCUT2D eigenvalue weighted by atomic mass is 9.81. The van der Waals surface area contributed by atoms with E-state index in [-0.39, 0.29) is 10.8 Å². The molecule has 18 rings (SSSR count). The lowest BCUT2D eigenvalue weighted by molar-refractivity contribution is 0.661. The summed E-state index contributed by atoms with van der Waals surface area (Å²) in [6, 6.07) is 97.4. The second kappa shape index (κ2) is 17.6. The van der Waals surface area contributed by atoms with Crippen molar-refractivity contribution >= 4 is 131 Å². The Bertz CT molecular complexity index is 5290. The number of hydrogen-bond acceptors (Lipinski definition) is 2. The first-order valence-corrected chi connectivity index (χ1v) is 30.5. The second-order valence-electron chi connectivity index (χ2n) is 25.7. The van der Waals surface area contributed by atoms with Crippen LogP contribution in [0, 0.1) is 13.8 Å². The van der Waals surface area contributed by atoms with Gasteiger partial charge < -0.3 is 9.80 Å². The van der Waals surface area contributed by atoms with E-state index in [1.165, 1.54) is 153 Å². The van der Waals surface area contributed by atoms with Crippen LogP contribution in [0.3, 0.4) is 0 Å². The molecule has 0 heterocycles. The summed E-state index contributed by atoms with van der Waals surface area (Å²) in [6.45, 7) is 14.1. The summed E-state index contributed by atoms with van der Waals surface area (Å²) in [5, 5.41) is 23.1. The summed E-state index contributed by atoms with van der Waals surface area (Å²) in [5.41, 5.74) is 19.6. The van der Waals surface area contributed by atoms with Crippen LogP contribution in [0.25, 0.3) is 119 Å². The molecule has 0 aliphatic heterocycles. The molecule has 0 radical (unpaired) electrons. The lowest BCUT2D eigenvalue weighted by Crippen LogP contribution is -2.16. The lowest BCUT2D eigenvalue weighted by Gasteiger charge is -2.30. The molecular weight excluding hydrogens is 1040 g/mol. The Morgan fingerprint density at radius 3 is 0.907 bits per heavy atom. The number of fused-ring (bicyclic) bond motifs is 18. The molecule has 0 unspecified atom stereocenters. The van der Waals surface area contributed by atoms with Gasteiger partial charge in [-0.15, -0.1) is 0 Å². The summed E-state index contributed by atoms with van der Waals surface area (Å²) in [6.07, 6.45) is 0. The molecule has 86 heavy (non-hydrogen) atoms. The van der Waals surface area contributed by atoms with E-state index >= 15 is 0 Å². The first kappa shape index (κ1) is 49.2. The molecule has 0 amide bonds. The van der Waals surface area contributed by atoms with Gasteiger partial charge in [-0.1, -0.05) is 198 Å². The van der Waals surface area contributed by atoms with Crippen molar-refractivity contribution in [2.45, 2.75) is 52.4 Å². The highest BCUT2D eigenvalue weighted by Crippen LogP contribution is 2.57. The fourth-order valence-corrected chi connectivity index (χ4v) is 16.1. The van der Waals surface area contributed by atoms with Crippen molar-refractivity contribution in [1.29, 1.82) is 0 Å². The summed E-state index contributed by atoms with van der Waals surface area (Å²) < 4.78 is 0. The van der Waals surface area contributed by atoms with E-state index in [1.807, 2.05) is 0 Å². The maximum absolute atomic E-state index is 2.52. The van der Waals surface area contributed by atoms with Crippen molar-refractivity contribution in [3.8, 4) is 22.3 Å². The average Bonchev–Trinajstić information content (AvgIpc) is 1.44. The summed E-state index contributed by atoms with van der Waals surface area (Å²) in [4.78, 5) is 5.04. The summed E-state index contributed by atoms with van der Waals surface area (Å²) >= 11 is 0. The minimum absolute atomic E-state index is 0.198. The Balaban J connectivity index is 0.826. The van der Waals surface area contributed by atoms with Gasteiger partial charge in [-0.2, -0.15) is 0 Å². The van der Waals surface area contributed by atoms with E-state index in [0.717, 1.165) is 34.1 Å². The van der Waals surface area contributed by atoms with Crippen molar-refractivity contribution in [2.75, 3.05) is 9.80 Å². The van der Waals surface area contributed by atoms with Crippen molar-refractivity contribution in [3.05, 3.63) is 288 Å². The third kappa shape index (κ3) is 6.78. The van der Waals surface area contributed by atoms with Crippen LogP contribution in [0.15, 0.2) is 255 Å². The van der Waals surface area contributed by atoms with Crippen LogP contribution in [-0.2, 0) is 10.8 Å². The molecule has 0 aromatic heterocycles. The molecule has 2 aliphatic rings. The molecule has 0 bridgehead atoms. The molecule has 406 valence electrons. The molecule has 0 saturated heterocycles. The number of hydrogen-bond donors (Lipinski definition) is 0. The number of rotatable bonds is 6. The third-order valence-electron chi connectivity index (χ3n) is 20.2. The van der Waals surface area contributed by atoms with E-state index in [4.69, 9.17) is 0 Å². The normalized spacial score (nSPS) is 13.9. The standard InChI is InChI=1S/C84H60N2/c1-49-17-15-19-53(41-49)85(55-33-37-75-71(43-55)73-45-67-61-25-11-7-21-57(61)59-23-9-13-27-63(59)69(67)47-77(73)83(75,3)4)79-39-31-51-30-36-66-80(40-32-52-29-35-65(79)81(51)82(52)66)86(54-20-16-18-50(2)42-54)56-34-38-76-72(44-56)74-46-68-62-26-12-8-22-58(62)60-24-10-14-28-64(60)70(68)48-78(74)84(76,5)6/h7-48H,1-6H3. The molecule has 16 aromatic carbocycles. The minimum atomic E-state index is -0.198. The van der Waals surface area contributed by atoms with Gasteiger partial charge in [0.05, 0.1) is 11.4 Å². The van der Waals surface area contributed by atoms with Crippen LogP contribution in [0.5, 0.6) is 0 Å². The van der Waals surface area contributed by atoms with Gasteiger partial charge in [0, 0.05) is 44.4 Å². The Morgan fingerprint density at radius 2 is 0.547 bits per heavy atom.